The summed E-state index contributed by atoms with van der Waals surface area (Å²) in [7, 11) is 0. The lowest BCUT2D eigenvalue weighted by Crippen LogP contribution is -2.40. The van der Waals surface area contributed by atoms with Crippen LogP contribution in [0.4, 0.5) is 0 Å². The van der Waals surface area contributed by atoms with Gasteiger partial charge in [-0.15, -0.1) is 5.10 Å². The van der Waals surface area contributed by atoms with E-state index in [1.165, 1.54) is 18.0 Å². The molecule has 1 atom stereocenters. The highest BCUT2D eigenvalue weighted by molar-refractivity contribution is 7.98. The molecule has 0 aliphatic heterocycles. The van der Waals surface area contributed by atoms with Crippen molar-refractivity contribution >= 4 is 35.2 Å². The number of hydrogen-bond donors (Lipinski definition) is 2. The van der Waals surface area contributed by atoms with Gasteiger partial charge in [0.25, 0.3) is 5.91 Å². The number of carbonyl (C=O) groups excluding carboxylic acids is 1. The summed E-state index contributed by atoms with van der Waals surface area (Å²) in [5.41, 5.74) is 0. The second kappa shape index (κ2) is 6.44. The fraction of sp³-hybridized carbons (Fsp3) is 0.500. The maximum atomic E-state index is 11.5. The van der Waals surface area contributed by atoms with Gasteiger partial charge in [0.05, 0.1) is 6.20 Å². The Hall–Kier alpha value is -1.15. The Morgan fingerprint density at radius 1 is 1.69 bits per heavy atom. The number of nitrogens with one attached hydrogen (secondary N) is 1. The second-order valence-electron chi connectivity index (χ2n) is 2.93. The van der Waals surface area contributed by atoms with Crippen LogP contribution in [0.15, 0.2) is 6.20 Å². The molecule has 88 valence electrons. The zero-order valence-electron chi connectivity index (χ0n) is 8.54. The summed E-state index contributed by atoms with van der Waals surface area (Å²) >= 11 is 2.47. The minimum atomic E-state index is -1.03. The number of carbonyl (C=O) groups is 2. The first-order chi connectivity index (χ1) is 7.65. The van der Waals surface area contributed by atoms with Crippen molar-refractivity contribution in [3.63, 3.8) is 0 Å². The standard InChI is InChI=1S/C8H11N3O3S2/c1-15-3-2-5(8(13)14)10-7(12)6-4-9-11-16-6/h4-5H,2-3H2,1H3,(H,10,12)(H,13,14). The van der Waals surface area contributed by atoms with Crippen LogP contribution in [0.3, 0.4) is 0 Å². The summed E-state index contributed by atoms with van der Waals surface area (Å²) in [6.45, 7) is 0. The zero-order valence-corrected chi connectivity index (χ0v) is 10.2. The minimum Gasteiger partial charge on any atom is -0.480 e. The predicted octanol–water partition coefficient (Wildman–Crippen LogP) is 0.474. The van der Waals surface area contributed by atoms with E-state index in [1.54, 1.807) is 0 Å². The van der Waals surface area contributed by atoms with Gasteiger partial charge >= 0.3 is 5.97 Å². The summed E-state index contributed by atoms with van der Waals surface area (Å²) in [5.74, 6) is -0.790. The number of amides is 1. The molecule has 1 rings (SSSR count). The number of hydrogen-bond acceptors (Lipinski definition) is 6. The van der Waals surface area contributed by atoms with Gasteiger partial charge in [-0.2, -0.15) is 11.8 Å². The Balaban J connectivity index is 2.54. The lowest BCUT2D eigenvalue weighted by atomic mass is 10.2. The number of rotatable bonds is 6. The van der Waals surface area contributed by atoms with Crippen LogP contribution < -0.4 is 5.32 Å². The normalized spacial score (nSPS) is 12.1. The highest BCUT2D eigenvalue weighted by Crippen LogP contribution is 2.05. The predicted molar refractivity (Wildman–Crippen MR) is 61.8 cm³/mol. The molecular formula is C8H11N3O3S2. The molecule has 1 unspecified atom stereocenters. The number of aromatic nitrogens is 2. The van der Waals surface area contributed by atoms with E-state index in [0.29, 0.717) is 17.1 Å². The third-order valence-corrected chi connectivity index (χ3v) is 3.11. The molecule has 0 saturated carbocycles. The van der Waals surface area contributed by atoms with Crippen molar-refractivity contribution in [2.75, 3.05) is 12.0 Å². The zero-order chi connectivity index (χ0) is 12.0. The third kappa shape index (κ3) is 3.78. The molecule has 1 aromatic rings. The summed E-state index contributed by atoms with van der Waals surface area (Å²) in [4.78, 5) is 22.7. The Labute approximate surface area is 101 Å². The highest BCUT2D eigenvalue weighted by atomic mass is 32.2. The van der Waals surface area contributed by atoms with E-state index in [4.69, 9.17) is 5.11 Å². The second-order valence-corrected chi connectivity index (χ2v) is 4.70. The average Bonchev–Trinajstić information content (AvgIpc) is 2.76. The van der Waals surface area contributed by atoms with Crippen molar-refractivity contribution in [1.82, 2.24) is 14.9 Å². The van der Waals surface area contributed by atoms with Crippen LogP contribution in [0, 0.1) is 0 Å². The highest BCUT2D eigenvalue weighted by Gasteiger charge is 2.20. The summed E-state index contributed by atoms with van der Waals surface area (Å²) in [6.07, 6.45) is 3.59. The number of aliphatic carboxylic acids is 1. The van der Waals surface area contributed by atoms with E-state index < -0.39 is 17.9 Å². The van der Waals surface area contributed by atoms with Crippen molar-refractivity contribution < 1.29 is 14.7 Å². The number of carboxylic acid groups (broad SMARTS) is 1. The van der Waals surface area contributed by atoms with Gasteiger partial charge in [0.2, 0.25) is 0 Å². The van der Waals surface area contributed by atoms with Crippen LogP contribution in [0.25, 0.3) is 0 Å². The van der Waals surface area contributed by atoms with E-state index in [-0.39, 0.29) is 0 Å². The van der Waals surface area contributed by atoms with Crippen molar-refractivity contribution in [1.29, 1.82) is 0 Å². The Kier molecular flexibility index (Phi) is 5.20. The number of nitrogens with zero attached hydrogens (tertiary/aromatic N) is 2. The van der Waals surface area contributed by atoms with Crippen molar-refractivity contribution in [2.45, 2.75) is 12.5 Å². The van der Waals surface area contributed by atoms with Crippen LogP contribution in [0.1, 0.15) is 16.1 Å². The van der Waals surface area contributed by atoms with Gasteiger partial charge in [0.1, 0.15) is 10.9 Å². The lowest BCUT2D eigenvalue weighted by Gasteiger charge is -2.12. The SMILES string of the molecule is CSCCC(NC(=O)c1cnns1)C(=O)O. The Morgan fingerprint density at radius 2 is 2.44 bits per heavy atom. The molecule has 0 aliphatic rings. The van der Waals surface area contributed by atoms with Crippen LogP contribution >= 0.6 is 23.3 Å². The van der Waals surface area contributed by atoms with Crippen molar-refractivity contribution in [3.8, 4) is 0 Å². The van der Waals surface area contributed by atoms with Crippen molar-refractivity contribution in [2.24, 2.45) is 0 Å². The smallest absolute Gasteiger partial charge is 0.326 e. The van der Waals surface area contributed by atoms with Gasteiger partial charge in [0.15, 0.2) is 0 Å². The van der Waals surface area contributed by atoms with E-state index in [2.05, 4.69) is 14.9 Å². The fourth-order valence-electron chi connectivity index (χ4n) is 0.990. The molecule has 2 N–H and O–H groups in total. The topological polar surface area (TPSA) is 92.2 Å². The largest absolute Gasteiger partial charge is 0.480 e. The first kappa shape index (κ1) is 12.9. The van der Waals surface area contributed by atoms with E-state index in [1.807, 2.05) is 6.26 Å². The summed E-state index contributed by atoms with van der Waals surface area (Å²) in [5, 5.41) is 14.8. The first-order valence-corrected chi connectivity index (χ1v) is 6.62. The van der Waals surface area contributed by atoms with Gasteiger partial charge in [-0.25, -0.2) is 4.79 Å². The average molecular weight is 261 g/mol. The molecule has 0 spiro atoms. The quantitative estimate of drug-likeness (QED) is 0.773. The van der Waals surface area contributed by atoms with Gasteiger partial charge < -0.3 is 10.4 Å². The summed E-state index contributed by atoms with van der Waals surface area (Å²) in [6, 6.07) is -0.859. The van der Waals surface area contributed by atoms with Gasteiger partial charge in [-0.3, -0.25) is 4.79 Å². The maximum absolute atomic E-state index is 11.5. The molecule has 0 aromatic carbocycles. The molecule has 8 heteroatoms. The summed E-state index contributed by atoms with van der Waals surface area (Å²) < 4.78 is 3.54. The molecule has 0 aliphatic carbocycles. The van der Waals surface area contributed by atoms with Gasteiger partial charge in [-0.1, -0.05) is 4.49 Å². The van der Waals surface area contributed by atoms with Crippen LogP contribution in [-0.4, -0.2) is 44.6 Å². The Morgan fingerprint density at radius 3 is 2.94 bits per heavy atom. The number of carboxylic acids is 1. The lowest BCUT2D eigenvalue weighted by molar-refractivity contribution is -0.139. The number of thioether (sulfide) groups is 1. The molecule has 0 radical (unpaired) electrons. The molecular weight excluding hydrogens is 250 g/mol. The van der Waals surface area contributed by atoms with Crippen molar-refractivity contribution in [3.05, 3.63) is 11.1 Å². The molecule has 0 bridgehead atoms. The minimum absolute atomic E-state index is 0.315. The van der Waals surface area contributed by atoms with E-state index >= 15 is 0 Å². The maximum Gasteiger partial charge on any atom is 0.326 e. The monoisotopic (exact) mass is 261 g/mol. The first-order valence-electron chi connectivity index (χ1n) is 4.45. The third-order valence-electron chi connectivity index (χ3n) is 1.80. The van der Waals surface area contributed by atoms with Crippen LogP contribution in [0.2, 0.25) is 0 Å². The molecule has 0 fully saturated rings. The van der Waals surface area contributed by atoms with Gasteiger partial charge in [-0.05, 0) is 30.0 Å². The molecule has 16 heavy (non-hydrogen) atoms. The van der Waals surface area contributed by atoms with Crippen LogP contribution in [-0.2, 0) is 4.79 Å². The molecule has 1 heterocycles. The molecule has 1 amide bonds. The van der Waals surface area contributed by atoms with Gasteiger partial charge in [0, 0.05) is 0 Å². The molecule has 1 aromatic heterocycles. The Bertz CT molecular complexity index is 355. The molecule has 6 nitrogen and oxygen atoms in total. The van der Waals surface area contributed by atoms with Crippen LogP contribution in [0.5, 0.6) is 0 Å². The fourth-order valence-corrected chi connectivity index (χ4v) is 1.88. The van der Waals surface area contributed by atoms with E-state index in [9.17, 15) is 9.59 Å². The molecule has 0 saturated heterocycles. The van der Waals surface area contributed by atoms with E-state index in [0.717, 1.165) is 11.5 Å².